The second-order valence-electron chi connectivity index (χ2n) is 5.99. The zero-order chi connectivity index (χ0) is 17.9. The summed E-state index contributed by atoms with van der Waals surface area (Å²) in [6, 6.07) is 13.2. The molecule has 2 aromatic carbocycles. The van der Waals surface area contributed by atoms with E-state index in [9.17, 15) is 4.79 Å². The Kier molecular flexibility index (Phi) is 4.29. The van der Waals surface area contributed by atoms with Crippen LogP contribution in [0.1, 0.15) is 21.5 Å². The predicted octanol–water partition coefficient (Wildman–Crippen LogP) is 3.60. The monoisotopic (exact) mass is 343 g/mol. The Balaban J connectivity index is 1.63. The van der Waals surface area contributed by atoms with Crippen molar-refractivity contribution in [2.24, 2.45) is 5.73 Å². The van der Waals surface area contributed by atoms with Crippen molar-refractivity contribution < 1.29 is 9.53 Å². The summed E-state index contributed by atoms with van der Waals surface area (Å²) in [5, 5.41) is 3.72. The van der Waals surface area contributed by atoms with Crippen molar-refractivity contribution in [1.29, 1.82) is 0 Å². The first-order valence-corrected chi connectivity index (χ1v) is 8.32. The van der Waals surface area contributed by atoms with E-state index in [-0.39, 0.29) is 12.6 Å². The number of carbonyl (C=O) groups excluding carboxylic acids is 1. The summed E-state index contributed by atoms with van der Waals surface area (Å²) in [6.45, 7) is 0.623. The topological polar surface area (TPSA) is 78.1 Å². The first-order valence-electron chi connectivity index (χ1n) is 8.32. The fraction of sp³-hybridized carbons (Fsp3) is 0.0952. The lowest BCUT2D eigenvalue weighted by molar-refractivity contribution is 0.0477. The number of aromatic nitrogens is 2. The summed E-state index contributed by atoms with van der Waals surface area (Å²) in [5.74, 6) is -0.359. The van der Waals surface area contributed by atoms with Crippen LogP contribution in [0.25, 0.3) is 21.5 Å². The van der Waals surface area contributed by atoms with Crippen LogP contribution in [0, 0.1) is 0 Å². The molecule has 26 heavy (non-hydrogen) atoms. The largest absolute Gasteiger partial charge is 0.457 e. The van der Waals surface area contributed by atoms with Gasteiger partial charge in [0.25, 0.3) is 0 Å². The van der Waals surface area contributed by atoms with Gasteiger partial charge in [0.2, 0.25) is 0 Å². The summed E-state index contributed by atoms with van der Waals surface area (Å²) in [7, 11) is 0. The summed E-state index contributed by atoms with van der Waals surface area (Å²) < 4.78 is 5.59. The molecule has 0 saturated carbocycles. The number of carbonyl (C=O) groups is 1. The van der Waals surface area contributed by atoms with Gasteiger partial charge in [-0.15, -0.1) is 0 Å². The molecule has 0 spiro atoms. The van der Waals surface area contributed by atoms with Crippen molar-refractivity contribution in [2.45, 2.75) is 13.2 Å². The number of nitrogens with two attached hydrogens (primary N) is 1. The van der Waals surface area contributed by atoms with Crippen LogP contribution in [0.2, 0.25) is 0 Å². The van der Waals surface area contributed by atoms with E-state index < -0.39 is 0 Å². The highest BCUT2D eigenvalue weighted by molar-refractivity contribution is 6.04. The third kappa shape index (κ3) is 2.89. The quantitative estimate of drug-likeness (QED) is 0.573. The molecule has 0 atom stereocenters. The Labute approximate surface area is 150 Å². The van der Waals surface area contributed by atoms with Gasteiger partial charge in [0.1, 0.15) is 6.61 Å². The van der Waals surface area contributed by atoms with Gasteiger partial charge in [0.15, 0.2) is 0 Å². The molecule has 4 aromatic rings. The molecular formula is C21H17N3O2. The van der Waals surface area contributed by atoms with Crippen LogP contribution in [0.3, 0.4) is 0 Å². The molecule has 2 heterocycles. The Hall–Kier alpha value is -3.31. The molecule has 128 valence electrons. The zero-order valence-electron chi connectivity index (χ0n) is 14.1. The van der Waals surface area contributed by atoms with Crippen molar-refractivity contribution >= 4 is 27.5 Å². The van der Waals surface area contributed by atoms with Crippen molar-refractivity contribution in [3.8, 4) is 0 Å². The van der Waals surface area contributed by atoms with Gasteiger partial charge in [0, 0.05) is 42.1 Å². The van der Waals surface area contributed by atoms with Crippen LogP contribution in [-0.2, 0) is 17.9 Å². The average molecular weight is 343 g/mol. The third-order valence-electron chi connectivity index (χ3n) is 4.48. The predicted molar refractivity (Wildman–Crippen MR) is 100 cm³/mol. The first-order chi connectivity index (χ1) is 12.8. The van der Waals surface area contributed by atoms with Gasteiger partial charge < -0.3 is 10.5 Å². The maximum absolute atomic E-state index is 12.6. The molecule has 0 saturated heterocycles. The third-order valence-corrected chi connectivity index (χ3v) is 4.48. The van der Waals surface area contributed by atoms with E-state index in [0.717, 1.165) is 32.7 Å². The SMILES string of the molecule is NCc1ccc(COC(=O)c2cccc3cnccc23)c2cnccc12. The highest BCUT2D eigenvalue weighted by Crippen LogP contribution is 2.24. The summed E-state index contributed by atoms with van der Waals surface area (Å²) in [5.41, 5.74) is 8.28. The smallest absolute Gasteiger partial charge is 0.339 e. The fourth-order valence-corrected chi connectivity index (χ4v) is 3.14. The van der Waals surface area contributed by atoms with Crippen LogP contribution >= 0.6 is 0 Å². The normalized spacial score (nSPS) is 11.0. The van der Waals surface area contributed by atoms with E-state index in [4.69, 9.17) is 10.5 Å². The number of ether oxygens (including phenoxy) is 1. The molecule has 0 aliphatic rings. The van der Waals surface area contributed by atoms with Gasteiger partial charge in [-0.25, -0.2) is 4.79 Å². The second-order valence-corrected chi connectivity index (χ2v) is 5.99. The van der Waals surface area contributed by atoms with Gasteiger partial charge >= 0.3 is 5.97 Å². The molecule has 4 rings (SSSR count). The number of rotatable bonds is 4. The minimum Gasteiger partial charge on any atom is -0.457 e. The molecule has 0 amide bonds. The van der Waals surface area contributed by atoms with E-state index in [2.05, 4.69) is 9.97 Å². The standard InChI is InChI=1S/C21H17N3O2/c22-10-14-4-5-16(20-12-24-9-6-17(14)20)13-26-21(25)19-3-1-2-15-11-23-8-7-18(15)19/h1-9,11-12H,10,13,22H2. The number of hydrogen-bond acceptors (Lipinski definition) is 5. The number of fused-ring (bicyclic) bond motifs is 2. The van der Waals surface area contributed by atoms with Crippen LogP contribution in [0.5, 0.6) is 0 Å². The second kappa shape index (κ2) is 6.90. The molecule has 0 fully saturated rings. The highest BCUT2D eigenvalue weighted by Gasteiger charge is 2.13. The Morgan fingerprint density at radius 2 is 1.65 bits per heavy atom. The summed E-state index contributed by atoms with van der Waals surface area (Å²) in [6.07, 6.45) is 6.92. The molecule has 0 aliphatic heterocycles. The van der Waals surface area contributed by atoms with Crippen molar-refractivity contribution in [2.75, 3.05) is 0 Å². The zero-order valence-corrected chi connectivity index (χ0v) is 14.1. The minimum atomic E-state index is -0.359. The molecule has 0 radical (unpaired) electrons. The molecule has 2 aromatic heterocycles. The van der Waals surface area contributed by atoms with Gasteiger partial charge in [0.05, 0.1) is 5.56 Å². The number of pyridine rings is 2. The summed E-state index contributed by atoms with van der Waals surface area (Å²) >= 11 is 0. The number of hydrogen-bond donors (Lipinski definition) is 1. The summed E-state index contributed by atoms with van der Waals surface area (Å²) in [4.78, 5) is 20.9. The first kappa shape index (κ1) is 16.2. The Bertz CT molecular complexity index is 1100. The minimum absolute atomic E-state index is 0.174. The van der Waals surface area contributed by atoms with E-state index in [1.165, 1.54) is 0 Å². The van der Waals surface area contributed by atoms with E-state index in [1.807, 2.05) is 36.4 Å². The van der Waals surface area contributed by atoms with Crippen molar-refractivity contribution in [1.82, 2.24) is 9.97 Å². The molecule has 0 unspecified atom stereocenters. The molecule has 0 aliphatic carbocycles. The average Bonchev–Trinajstić information content (AvgIpc) is 2.71. The number of benzene rings is 2. The fourth-order valence-electron chi connectivity index (χ4n) is 3.14. The van der Waals surface area contributed by atoms with Gasteiger partial charge in [-0.3, -0.25) is 9.97 Å². The molecule has 2 N–H and O–H groups in total. The lowest BCUT2D eigenvalue weighted by atomic mass is 10.0. The van der Waals surface area contributed by atoms with Crippen LogP contribution in [0.4, 0.5) is 0 Å². The van der Waals surface area contributed by atoms with Crippen molar-refractivity contribution in [3.63, 3.8) is 0 Å². The molecular weight excluding hydrogens is 326 g/mol. The molecule has 0 bridgehead atoms. The maximum atomic E-state index is 12.6. The van der Waals surface area contributed by atoms with E-state index in [0.29, 0.717) is 12.1 Å². The Morgan fingerprint density at radius 3 is 2.50 bits per heavy atom. The van der Waals surface area contributed by atoms with Crippen molar-refractivity contribution in [3.05, 3.63) is 83.9 Å². The highest BCUT2D eigenvalue weighted by atomic mass is 16.5. The maximum Gasteiger partial charge on any atom is 0.339 e. The molecule has 5 nitrogen and oxygen atoms in total. The van der Waals surface area contributed by atoms with Gasteiger partial charge in [-0.05, 0) is 40.1 Å². The Morgan fingerprint density at radius 1 is 0.885 bits per heavy atom. The van der Waals surface area contributed by atoms with E-state index >= 15 is 0 Å². The van der Waals surface area contributed by atoms with Crippen LogP contribution in [-0.4, -0.2) is 15.9 Å². The number of nitrogens with zero attached hydrogens (tertiary/aromatic N) is 2. The lowest BCUT2D eigenvalue weighted by Crippen LogP contribution is -2.07. The van der Waals surface area contributed by atoms with Gasteiger partial charge in [-0.1, -0.05) is 24.3 Å². The number of esters is 1. The van der Waals surface area contributed by atoms with Crippen LogP contribution in [0.15, 0.2) is 67.3 Å². The lowest BCUT2D eigenvalue weighted by Gasteiger charge is -2.11. The van der Waals surface area contributed by atoms with Gasteiger partial charge in [-0.2, -0.15) is 0 Å². The molecule has 5 heteroatoms. The van der Waals surface area contributed by atoms with E-state index in [1.54, 1.807) is 30.9 Å². The van der Waals surface area contributed by atoms with Crippen LogP contribution < -0.4 is 5.73 Å².